The topological polar surface area (TPSA) is 107 Å². The second-order valence-corrected chi connectivity index (χ2v) is 10.9. The molecule has 0 radical (unpaired) electrons. The summed E-state index contributed by atoms with van der Waals surface area (Å²) in [6.07, 6.45) is 1.66. The molecule has 0 N–H and O–H groups in total. The molecule has 11 heteroatoms. The first-order valence-corrected chi connectivity index (χ1v) is 13.3. The number of hydrogen-bond donors (Lipinski definition) is 0. The normalized spacial score (nSPS) is 12.4. The molecule has 2 aromatic carbocycles. The van der Waals surface area contributed by atoms with Crippen molar-refractivity contribution in [2.45, 2.75) is 31.2 Å². The van der Waals surface area contributed by atoms with Crippen molar-refractivity contribution in [1.29, 1.82) is 0 Å². The summed E-state index contributed by atoms with van der Waals surface area (Å²) in [6.45, 7) is 3.30. The van der Waals surface area contributed by atoms with Gasteiger partial charge >= 0.3 is 5.97 Å². The van der Waals surface area contributed by atoms with E-state index in [4.69, 9.17) is 9.47 Å². The van der Waals surface area contributed by atoms with Gasteiger partial charge in [-0.2, -0.15) is 4.99 Å². The number of thiazole rings is 1. The fourth-order valence-electron chi connectivity index (χ4n) is 3.40. The average molecular weight is 520 g/mol. The standard InChI is InChI=1S/C24H29N3O6S2/c1-5-6-13-26(2)35(30,31)19-10-7-17(8-11-19)22(28)25-24-27(14-15-32-3)20-12-9-18(23(29)33-4)16-21(20)34-24/h7-12,16H,5-6,13-15H2,1-4H3. The van der Waals surface area contributed by atoms with Crippen molar-refractivity contribution in [2.75, 3.05) is 34.4 Å². The fraction of sp³-hybridized carbons (Fsp3) is 0.375. The Hall–Kier alpha value is -2.86. The monoisotopic (exact) mass is 519 g/mol. The maximum absolute atomic E-state index is 12.9. The molecule has 188 valence electrons. The van der Waals surface area contributed by atoms with Crippen LogP contribution < -0.4 is 4.80 Å². The van der Waals surface area contributed by atoms with Gasteiger partial charge in [0.05, 0.1) is 34.4 Å². The maximum atomic E-state index is 12.9. The molecular weight excluding hydrogens is 490 g/mol. The molecule has 0 atom stereocenters. The molecule has 1 aromatic heterocycles. The Morgan fingerprint density at radius 3 is 2.40 bits per heavy atom. The molecule has 0 aliphatic carbocycles. The van der Waals surface area contributed by atoms with Gasteiger partial charge in [-0.05, 0) is 48.9 Å². The van der Waals surface area contributed by atoms with E-state index in [1.54, 1.807) is 32.4 Å². The van der Waals surface area contributed by atoms with Crippen LogP contribution in [0.25, 0.3) is 10.2 Å². The van der Waals surface area contributed by atoms with E-state index in [2.05, 4.69) is 4.99 Å². The second kappa shape index (κ2) is 11.7. The van der Waals surface area contributed by atoms with Crippen LogP contribution in [0.3, 0.4) is 0 Å². The quantitative estimate of drug-likeness (QED) is 0.381. The van der Waals surface area contributed by atoms with Crippen LogP contribution in [0.4, 0.5) is 0 Å². The molecule has 0 fully saturated rings. The summed E-state index contributed by atoms with van der Waals surface area (Å²) in [6, 6.07) is 10.9. The maximum Gasteiger partial charge on any atom is 0.337 e. The SMILES string of the molecule is CCCCN(C)S(=O)(=O)c1ccc(C(=O)N=c2sc3cc(C(=O)OC)ccc3n2CCOC)cc1. The highest BCUT2D eigenvalue weighted by atomic mass is 32.2. The van der Waals surface area contributed by atoms with Crippen molar-refractivity contribution in [3.05, 3.63) is 58.4 Å². The second-order valence-electron chi connectivity index (χ2n) is 7.82. The molecule has 9 nitrogen and oxygen atoms in total. The van der Waals surface area contributed by atoms with Gasteiger partial charge in [0.25, 0.3) is 5.91 Å². The zero-order valence-electron chi connectivity index (χ0n) is 20.2. The van der Waals surface area contributed by atoms with E-state index in [0.29, 0.717) is 30.1 Å². The van der Waals surface area contributed by atoms with Crippen LogP contribution in [0.2, 0.25) is 0 Å². The molecule has 0 aliphatic heterocycles. The molecule has 35 heavy (non-hydrogen) atoms. The fourth-order valence-corrected chi connectivity index (χ4v) is 5.71. The van der Waals surface area contributed by atoms with Gasteiger partial charge in [-0.25, -0.2) is 17.5 Å². The molecular formula is C24H29N3O6S2. The van der Waals surface area contributed by atoms with E-state index in [9.17, 15) is 18.0 Å². The summed E-state index contributed by atoms with van der Waals surface area (Å²) < 4.78 is 39.4. The Kier molecular flexibility index (Phi) is 8.95. The minimum Gasteiger partial charge on any atom is -0.465 e. The lowest BCUT2D eigenvalue weighted by Gasteiger charge is -2.16. The number of methoxy groups -OCH3 is 2. The number of rotatable bonds is 10. The van der Waals surface area contributed by atoms with Gasteiger partial charge in [-0.15, -0.1) is 0 Å². The number of nitrogens with zero attached hydrogens (tertiary/aromatic N) is 3. The predicted molar refractivity (Wildman–Crippen MR) is 134 cm³/mol. The van der Waals surface area contributed by atoms with Crippen LogP contribution in [-0.4, -0.2) is 63.6 Å². The minimum atomic E-state index is -3.62. The number of esters is 1. The lowest BCUT2D eigenvalue weighted by molar-refractivity contribution is 0.0600. The van der Waals surface area contributed by atoms with Gasteiger partial charge in [0.15, 0.2) is 4.80 Å². The number of carbonyl (C=O) groups excluding carboxylic acids is 2. The zero-order valence-corrected chi connectivity index (χ0v) is 21.8. The molecule has 0 bridgehead atoms. The van der Waals surface area contributed by atoms with Gasteiger partial charge < -0.3 is 14.0 Å². The largest absolute Gasteiger partial charge is 0.465 e. The number of ether oxygens (including phenoxy) is 2. The first-order valence-electron chi connectivity index (χ1n) is 11.1. The molecule has 0 saturated carbocycles. The van der Waals surface area contributed by atoms with Crippen LogP contribution in [0.1, 0.15) is 40.5 Å². The Balaban J connectivity index is 1.96. The lowest BCUT2D eigenvalue weighted by atomic mass is 10.2. The van der Waals surface area contributed by atoms with Crippen molar-refractivity contribution >= 4 is 43.5 Å². The van der Waals surface area contributed by atoms with Gasteiger partial charge in [-0.3, -0.25) is 4.79 Å². The summed E-state index contributed by atoms with van der Waals surface area (Å²) in [4.78, 5) is 29.7. The van der Waals surface area contributed by atoms with Gasteiger partial charge in [0.1, 0.15) is 0 Å². The number of aromatic nitrogens is 1. The Morgan fingerprint density at radius 2 is 1.77 bits per heavy atom. The number of unbranched alkanes of at least 4 members (excludes halogenated alkanes) is 1. The lowest BCUT2D eigenvalue weighted by Crippen LogP contribution is -2.27. The number of hydrogen-bond acceptors (Lipinski definition) is 7. The predicted octanol–water partition coefficient (Wildman–Crippen LogP) is 3.30. The number of carbonyl (C=O) groups is 2. The number of amides is 1. The van der Waals surface area contributed by atoms with E-state index in [1.165, 1.54) is 47.0 Å². The molecule has 0 unspecified atom stereocenters. The molecule has 0 aliphatic rings. The van der Waals surface area contributed by atoms with E-state index in [-0.39, 0.29) is 10.5 Å². The van der Waals surface area contributed by atoms with Gasteiger partial charge in [0.2, 0.25) is 10.0 Å². The van der Waals surface area contributed by atoms with Crippen LogP contribution in [0.5, 0.6) is 0 Å². The number of sulfonamides is 1. The van der Waals surface area contributed by atoms with Crippen LogP contribution in [0.15, 0.2) is 52.4 Å². The van der Waals surface area contributed by atoms with Crippen molar-refractivity contribution < 1.29 is 27.5 Å². The highest BCUT2D eigenvalue weighted by Crippen LogP contribution is 2.21. The Morgan fingerprint density at radius 1 is 1.09 bits per heavy atom. The van der Waals surface area contributed by atoms with E-state index >= 15 is 0 Å². The molecule has 3 aromatic rings. The molecule has 3 rings (SSSR count). The first kappa shape index (κ1) is 26.7. The van der Waals surface area contributed by atoms with Crippen molar-refractivity contribution in [3.8, 4) is 0 Å². The summed E-state index contributed by atoms with van der Waals surface area (Å²) in [5, 5.41) is 0. The molecule has 1 heterocycles. The third-order valence-electron chi connectivity index (χ3n) is 5.46. The third-order valence-corrected chi connectivity index (χ3v) is 8.37. The first-order chi connectivity index (χ1) is 16.7. The number of benzene rings is 2. The van der Waals surface area contributed by atoms with E-state index in [0.717, 1.165) is 23.1 Å². The van der Waals surface area contributed by atoms with E-state index in [1.807, 2.05) is 11.5 Å². The summed E-state index contributed by atoms with van der Waals surface area (Å²) >= 11 is 1.27. The zero-order chi connectivity index (χ0) is 25.6. The van der Waals surface area contributed by atoms with Gasteiger partial charge in [0, 0.05) is 32.8 Å². The van der Waals surface area contributed by atoms with Crippen molar-refractivity contribution in [1.82, 2.24) is 8.87 Å². The summed E-state index contributed by atoms with van der Waals surface area (Å²) in [5.41, 5.74) is 1.48. The van der Waals surface area contributed by atoms with Crippen LogP contribution >= 0.6 is 11.3 Å². The molecule has 1 amide bonds. The average Bonchev–Trinajstić information content (AvgIpc) is 3.21. The van der Waals surface area contributed by atoms with Crippen molar-refractivity contribution in [3.63, 3.8) is 0 Å². The Labute approximate surface area is 208 Å². The van der Waals surface area contributed by atoms with Gasteiger partial charge in [-0.1, -0.05) is 24.7 Å². The van der Waals surface area contributed by atoms with Crippen LogP contribution in [-0.2, 0) is 26.0 Å². The smallest absolute Gasteiger partial charge is 0.337 e. The third kappa shape index (κ3) is 6.04. The van der Waals surface area contributed by atoms with E-state index < -0.39 is 21.9 Å². The molecule has 0 saturated heterocycles. The summed E-state index contributed by atoms with van der Waals surface area (Å²) in [7, 11) is 0.828. The number of fused-ring (bicyclic) bond motifs is 1. The minimum absolute atomic E-state index is 0.125. The Bertz CT molecular complexity index is 1370. The summed E-state index contributed by atoms with van der Waals surface area (Å²) in [5.74, 6) is -0.951. The highest BCUT2D eigenvalue weighted by molar-refractivity contribution is 7.89. The van der Waals surface area contributed by atoms with Crippen molar-refractivity contribution in [2.24, 2.45) is 4.99 Å². The molecule has 0 spiro atoms. The van der Waals surface area contributed by atoms with Crippen LogP contribution in [0, 0.1) is 0 Å². The highest BCUT2D eigenvalue weighted by Gasteiger charge is 2.20.